The van der Waals surface area contributed by atoms with Gasteiger partial charge in [-0.15, -0.1) is 0 Å². The van der Waals surface area contributed by atoms with Crippen LogP contribution in [0.25, 0.3) is 10.9 Å². The van der Waals surface area contributed by atoms with Gasteiger partial charge in [-0.25, -0.2) is 0 Å². The van der Waals surface area contributed by atoms with Crippen molar-refractivity contribution in [2.24, 2.45) is 10.8 Å². The number of hydrogen-bond acceptors (Lipinski definition) is 4. The quantitative estimate of drug-likeness (QED) is 0.861. The van der Waals surface area contributed by atoms with Crippen molar-refractivity contribution < 1.29 is 14.3 Å². The molecule has 1 aromatic heterocycles. The first-order valence-electron chi connectivity index (χ1n) is 8.20. The molecule has 5 heteroatoms. The fourth-order valence-corrected chi connectivity index (χ4v) is 4.18. The molecule has 4 rings (SSSR count). The summed E-state index contributed by atoms with van der Waals surface area (Å²) in [5.74, 6) is -0.521. The van der Waals surface area contributed by atoms with E-state index in [9.17, 15) is 9.59 Å². The molecule has 2 bridgehead atoms. The van der Waals surface area contributed by atoms with Crippen molar-refractivity contribution in [3.63, 3.8) is 0 Å². The van der Waals surface area contributed by atoms with E-state index in [-0.39, 0.29) is 11.9 Å². The van der Waals surface area contributed by atoms with Gasteiger partial charge in [0, 0.05) is 17.0 Å². The molecule has 1 amide bonds. The molecule has 1 aliphatic carbocycles. The Morgan fingerprint density at radius 3 is 2.62 bits per heavy atom. The van der Waals surface area contributed by atoms with Crippen molar-refractivity contribution in [1.29, 1.82) is 0 Å². The molecule has 24 heavy (non-hydrogen) atoms. The number of esters is 1. The van der Waals surface area contributed by atoms with Gasteiger partial charge in [0.1, 0.15) is 0 Å². The zero-order chi connectivity index (χ0) is 17.2. The molecule has 0 unspecified atom stereocenters. The maximum absolute atomic E-state index is 13.1. The van der Waals surface area contributed by atoms with Crippen LogP contribution in [0.4, 0.5) is 5.69 Å². The van der Waals surface area contributed by atoms with Gasteiger partial charge in [-0.3, -0.25) is 14.6 Å². The van der Waals surface area contributed by atoms with Crippen LogP contribution in [-0.2, 0) is 14.3 Å². The lowest BCUT2D eigenvalue weighted by Crippen LogP contribution is -2.50. The van der Waals surface area contributed by atoms with Gasteiger partial charge in [-0.05, 0) is 44.0 Å². The molecule has 1 aromatic carbocycles. The number of aromatic nitrogens is 1. The van der Waals surface area contributed by atoms with Crippen LogP contribution >= 0.6 is 0 Å². The predicted octanol–water partition coefficient (Wildman–Crippen LogP) is 3.30. The van der Waals surface area contributed by atoms with Crippen LogP contribution in [0, 0.1) is 10.8 Å². The second kappa shape index (κ2) is 4.56. The molecule has 1 aliphatic heterocycles. The van der Waals surface area contributed by atoms with E-state index in [0.717, 1.165) is 10.9 Å². The summed E-state index contributed by atoms with van der Waals surface area (Å²) in [5.41, 5.74) is -0.767. The number of fused-ring (bicyclic) bond motifs is 3. The number of carbonyl (C=O) groups excluding carboxylic acids is 2. The molecule has 2 heterocycles. The Morgan fingerprint density at radius 2 is 1.96 bits per heavy atom. The summed E-state index contributed by atoms with van der Waals surface area (Å²) >= 11 is 0. The first-order valence-corrected chi connectivity index (χ1v) is 8.20. The minimum Gasteiger partial charge on any atom is -0.448 e. The summed E-state index contributed by atoms with van der Waals surface area (Å²) in [7, 11) is 0. The Bertz CT molecular complexity index is 871. The van der Waals surface area contributed by atoms with E-state index >= 15 is 0 Å². The van der Waals surface area contributed by atoms with Gasteiger partial charge in [-0.1, -0.05) is 19.9 Å². The Labute approximate surface area is 140 Å². The van der Waals surface area contributed by atoms with E-state index in [4.69, 9.17) is 4.74 Å². The largest absolute Gasteiger partial charge is 0.448 e. The fourth-order valence-electron chi connectivity index (χ4n) is 4.18. The van der Waals surface area contributed by atoms with Gasteiger partial charge in [0.2, 0.25) is 0 Å². The van der Waals surface area contributed by atoms with Gasteiger partial charge in [0.05, 0.1) is 16.6 Å². The summed E-state index contributed by atoms with van der Waals surface area (Å²) in [4.78, 5) is 29.8. The lowest BCUT2D eigenvalue weighted by molar-refractivity contribution is -0.165. The minimum absolute atomic E-state index is 0.251. The SMILES string of the molecule is CC1(C)[C@@]2(C(=O)Nc3cccc4ncccc34)CC[C@]1(C)C(=O)O2. The van der Waals surface area contributed by atoms with Crippen LogP contribution in [0.15, 0.2) is 36.5 Å². The smallest absolute Gasteiger partial charge is 0.313 e. The van der Waals surface area contributed by atoms with Crippen molar-refractivity contribution in [2.45, 2.75) is 39.2 Å². The molecule has 2 atom stereocenters. The van der Waals surface area contributed by atoms with E-state index in [1.54, 1.807) is 6.20 Å². The lowest BCUT2D eigenvalue weighted by atomic mass is 9.66. The van der Waals surface area contributed by atoms with E-state index in [1.165, 1.54) is 0 Å². The van der Waals surface area contributed by atoms with Gasteiger partial charge < -0.3 is 10.1 Å². The molecule has 1 N–H and O–H groups in total. The zero-order valence-corrected chi connectivity index (χ0v) is 14.1. The molecule has 0 spiro atoms. The van der Waals surface area contributed by atoms with Crippen LogP contribution in [0.5, 0.6) is 0 Å². The number of amides is 1. The van der Waals surface area contributed by atoms with E-state index in [1.807, 2.05) is 51.1 Å². The number of anilines is 1. The summed E-state index contributed by atoms with van der Waals surface area (Å²) < 4.78 is 5.65. The standard InChI is InChI=1S/C19H20N2O3/c1-17(2)18(3)9-10-19(17,24-16(18)23)15(22)21-14-8-4-7-13-12(14)6-5-11-20-13/h4-8,11H,9-10H2,1-3H3,(H,21,22)/t18-,19+/m1/s1. The monoisotopic (exact) mass is 324 g/mol. The van der Waals surface area contributed by atoms with Gasteiger partial charge in [0.25, 0.3) is 5.91 Å². The summed E-state index contributed by atoms with van der Waals surface area (Å²) in [5, 5.41) is 3.85. The summed E-state index contributed by atoms with van der Waals surface area (Å²) in [6.45, 7) is 5.81. The minimum atomic E-state index is -1.11. The highest BCUT2D eigenvalue weighted by atomic mass is 16.6. The molecule has 0 radical (unpaired) electrons. The van der Waals surface area contributed by atoms with Crippen LogP contribution in [-0.4, -0.2) is 22.5 Å². The summed E-state index contributed by atoms with van der Waals surface area (Å²) in [6.07, 6.45) is 2.94. The molecule has 2 fully saturated rings. The number of hydrogen-bond donors (Lipinski definition) is 1. The zero-order valence-electron chi connectivity index (χ0n) is 14.1. The second-order valence-corrected chi connectivity index (χ2v) is 7.50. The number of nitrogens with zero attached hydrogens (tertiary/aromatic N) is 1. The highest BCUT2D eigenvalue weighted by molar-refractivity contribution is 6.07. The van der Waals surface area contributed by atoms with Crippen molar-refractivity contribution in [2.75, 3.05) is 5.32 Å². The number of pyridine rings is 1. The molecule has 2 aromatic rings. The highest BCUT2D eigenvalue weighted by Crippen LogP contribution is 2.65. The molecule has 1 saturated carbocycles. The van der Waals surface area contributed by atoms with E-state index < -0.39 is 16.4 Å². The van der Waals surface area contributed by atoms with Crippen LogP contribution in [0.2, 0.25) is 0 Å². The Balaban J connectivity index is 1.74. The third kappa shape index (κ3) is 1.62. The predicted molar refractivity (Wildman–Crippen MR) is 90.3 cm³/mol. The van der Waals surface area contributed by atoms with E-state index in [0.29, 0.717) is 18.5 Å². The number of rotatable bonds is 2. The maximum atomic E-state index is 13.1. The molecular formula is C19H20N2O3. The second-order valence-electron chi connectivity index (χ2n) is 7.50. The third-order valence-electron chi connectivity index (χ3n) is 6.34. The Kier molecular flexibility index (Phi) is 2.87. The molecule has 124 valence electrons. The number of benzene rings is 1. The lowest BCUT2D eigenvalue weighted by Gasteiger charge is -2.35. The Hall–Kier alpha value is -2.43. The van der Waals surface area contributed by atoms with Crippen LogP contribution in [0.3, 0.4) is 0 Å². The average Bonchev–Trinajstić information content (AvgIpc) is 2.85. The molecule has 2 aliphatic rings. The Morgan fingerprint density at radius 1 is 1.17 bits per heavy atom. The first-order chi connectivity index (χ1) is 11.3. The highest BCUT2D eigenvalue weighted by Gasteiger charge is 2.75. The van der Waals surface area contributed by atoms with Crippen molar-refractivity contribution in [1.82, 2.24) is 4.98 Å². The topological polar surface area (TPSA) is 68.3 Å². The van der Waals surface area contributed by atoms with Crippen molar-refractivity contribution >= 4 is 28.5 Å². The van der Waals surface area contributed by atoms with Gasteiger partial charge >= 0.3 is 5.97 Å². The molecule has 5 nitrogen and oxygen atoms in total. The molecule has 1 saturated heterocycles. The number of carbonyl (C=O) groups is 2. The van der Waals surface area contributed by atoms with Crippen LogP contribution in [0.1, 0.15) is 33.6 Å². The number of nitrogens with one attached hydrogen (secondary N) is 1. The van der Waals surface area contributed by atoms with Crippen molar-refractivity contribution in [3.8, 4) is 0 Å². The number of ether oxygens (including phenoxy) is 1. The normalized spacial score (nSPS) is 30.4. The van der Waals surface area contributed by atoms with Gasteiger partial charge in [-0.2, -0.15) is 0 Å². The third-order valence-corrected chi connectivity index (χ3v) is 6.34. The van der Waals surface area contributed by atoms with E-state index in [2.05, 4.69) is 10.3 Å². The first kappa shape index (κ1) is 15.1. The van der Waals surface area contributed by atoms with Gasteiger partial charge in [0.15, 0.2) is 5.60 Å². The fraction of sp³-hybridized carbons (Fsp3) is 0.421. The van der Waals surface area contributed by atoms with Crippen LogP contribution < -0.4 is 5.32 Å². The average molecular weight is 324 g/mol. The molecular weight excluding hydrogens is 304 g/mol. The summed E-state index contributed by atoms with van der Waals surface area (Å²) in [6, 6.07) is 9.35. The van der Waals surface area contributed by atoms with Crippen molar-refractivity contribution in [3.05, 3.63) is 36.5 Å². The maximum Gasteiger partial charge on any atom is 0.313 e.